The van der Waals surface area contributed by atoms with Crippen LogP contribution in [0.4, 0.5) is 0 Å². The monoisotopic (exact) mass is 490 g/mol. The number of hydrogen-bond acceptors (Lipinski definition) is 5. The Kier molecular flexibility index (Phi) is 7.50. The number of carbonyl (C=O) groups excluding carboxylic acids is 3. The van der Waals surface area contributed by atoms with Gasteiger partial charge in [-0.15, -0.1) is 11.3 Å². The van der Waals surface area contributed by atoms with Crippen LogP contribution in [-0.2, 0) is 14.3 Å². The topological polar surface area (TPSA) is 66.9 Å². The van der Waals surface area contributed by atoms with Gasteiger partial charge in [0.15, 0.2) is 0 Å². The summed E-state index contributed by atoms with van der Waals surface area (Å²) in [6.45, 7) is 2.96. The SMILES string of the molecule is CCOC(=O)C1CCN(C(=O)CN(C)C(=O)c2sc3cc(Cl)cc(Cl)c3c2Cl)CC1. The predicted molar refractivity (Wildman–Crippen MR) is 120 cm³/mol. The lowest BCUT2D eigenvalue weighted by atomic mass is 9.97. The molecule has 0 N–H and O–H groups in total. The van der Waals surface area contributed by atoms with Crippen LogP contribution in [0.2, 0.25) is 15.1 Å². The molecule has 0 bridgehead atoms. The number of rotatable bonds is 5. The molecule has 1 aromatic heterocycles. The standard InChI is InChI=1S/C20H21Cl3N2O4S/c1-3-29-20(28)11-4-6-25(7-5-11)15(26)10-24(2)19(27)18-17(23)16-13(22)8-12(21)9-14(16)30-18/h8-9,11H,3-7,10H2,1-2H3. The van der Waals surface area contributed by atoms with E-state index in [4.69, 9.17) is 39.5 Å². The Bertz CT molecular complexity index is 986. The fourth-order valence-electron chi connectivity index (χ4n) is 3.42. The van der Waals surface area contributed by atoms with Gasteiger partial charge in [0.1, 0.15) is 4.88 Å². The molecule has 1 aliphatic heterocycles. The third-order valence-corrected chi connectivity index (χ3v) is 7.16. The lowest BCUT2D eigenvalue weighted by Gasteiger charge is -2.32. The summed E-state index contributed by atoms with van der Waals surface area (Å²) in [5.74, 6) is -0.924. The second-order valence-corrected chi connectivity index (χ2v) is 9.35. The Balaban J connectivity index is 1.64. The number of nitrogens with zero attached hydrogens (tertiary/aromatic N) is 2. The van der Waals surface area contributed by atoms with Crippen LogP contribution in [0.1, 0.15) is 29.4 Å². The number of likely N-dealkylation sites (tertiary alicyclic amines) is 1. The summed E-state index contributed by atoms with van der Waals surface area (Å²) in [6, 6.07) is 3.28. The molecule has 1 fully saturated rings. The smallest absolute Gasteiger partial charge is 0.309 e. The molecule has 0 spiro atoms. The van der Waals surface area contributed by atoms with E-state index in [2.05, 4.69) is 0 Å². The average molecular weight is 492 g/mol. The quantitative estimate of drug-likeness (QED) is 0.567. The minimum absolute atomic E-state index is 0.0814. The highest BCUT2D eigenvalue weighted by atomic mass is 35.5. The van der Waals surface area contributed by atoms with Crippen molar-refractivity contribution in [3.8, 4) is 0 Å². The van der Waals surface area contributed by atoms with E-state index in [9.17, 15) is 14.4 Å². The van der Waals surface area contributed by atoms with E-state index in [1.54, 1.807) is 31.0 Å². The van der Waals surface area contributed by atoms with Gasteiger partial charge in [0.05, 0.1) is 29.1 Å². The van der Waals surface area contributed by atoms with Crippen molar-refractivity contribution < 1.29 is 19.1 Å². The number of benzene rings is 1. The first-order valence-electron chi connectivity index (χ1n) is 9.49. The predicted octanol–water partition coefficient (Wildman–Crippen LogP) is 4.74. The fourth-order valence-corrected chi connectivity index (χ4v) is 5.79. The van der Waals surface area contributed by atoms with E-state index in [-0.39, 0.29) is 35.3 Å². The maximum atomic E-state index is 12.9. The molecule has 0 unspecified atom stereocenters. The molecular weight excluding hydrogens is 471 g/mol. The number of carbonyl (C=O) groups is 3. The molecular formula is C20H21Cl3N2O4S. The van der Waals surface area contributed by atoms with Crippen LogP contribution >= 0.6 is 46.1 Å². The summed E-state index contributed by atoms with van der Waals surface area (Å²) in [5.41, 5.74) is 0. The Labute approximate surface area is 193 Å². The van der Waals surface area contributed by atoms with Crippen molar-refractivity contribution in [2.45, 2.75) is 19.8 Å². The Morgan fingerprint density at radius 3 is 2.50 bits per heavy atom. The molecule has 3 rings (SSSR count). The van der Waals surface area contributed by atoms with Crippen LogP contribution < -0.4 is 0 Å². The Morgan fingerprint density at radius 1 is 1.20 bits per heavy atom. The van der Waals surface area contributed by atoms with Crippen LogP contribution in [0.3, 0.4) is 0 Å². The molecule has 1 aliphatic rings. The molecule has 6 nitrogen and oxygen atoms in total. The maximum Gasteiger partial charge on any atom is 0.309 e. The van der Waals surface area contributed by atoms with Crippen molar-refractivity contribution in [3.63, 3.8) is 0 Å². The highest BCUT2D eigenvalue weighted by Crippen LogP contribution is 2.41. The number of halogens is 3. The van der Waals surface area contributed by atoms with Gasteiger partial charge in [-0.05, 0) is 31.9 Å². The molecule has 162 valence electrons. The van der Waals surface area contributed by atoms with Gasteiger partial charge in [0, 0.05) is 35.2 Å². The molecule has 10 heteroatoms. The van der Waals surface area contributed by atoms with E-state index in [1.165, 1.54) is 16.2 Å². The Morgan fingerprint density at radius 2 is 1.87 bits per heavy atom. The van der Waals surface area contributed by atoms with Crippen molar-refractivity contribution in [3.05, 3.63) is 32.1 Å². The number of hydrogen-bond donors (Lipinski definition) is 0. The number of fused-ring (bicyclic) bond motifs is 1. The van der Waals surface area contributed by atoms with Crippen molar-refractivity contribution in [2.75, 3.05) is 33.3 Å². The minimum atomic E-state index is -0.358. The maximum absolute atomic E-state index is 12.9. The highest BCUT2D eigenvalue weighted by molar-refractivity contribution is 7.21. The van der Waals surface area contributed by atoms with Gasteiger partial charge in [-0.25, -0.2) is 0 Å². The molecule has 2 aromatic rings. The molecule has 1 saturated heterocycles. The normalized spacial score (nSPS) is 14.8. The van der Waals surface area contributed by atoms with Crippen molar-refractivity contribution in [2.24, 2.45) is 5.92 Å². The average Bonchev–Trinajstić information content (AvgIpc) is 3.03. The molecule has 0 saturated carbocycles. The minimum Gasteiger partial charge on any atom is -0.466 e. The number of esters is 1. The van der Waals surface area contributed by atoms with E-state index >= 15 is 0 Å². The molecule has 2 heterocycles. The lowest BCUT2D eigenvalue weighted by Crippen LogP contribution is -2.45. The van der Waals surface area contributed by atoms with E-state index in [0.717, 1.165) is 0 Å². The summed E-state index contributed by atoms with van der Waals surface area (Å²) in [5, 5.41) is 1.67. The van der Waals surface area contributed by atoms with Crippen LogP contribution in [-0.4, -0.2) is 60.9 Å². The van der Waals surface area contributed by atoms with Gasteiger partial charge in [0.2, 0.25) is 5.91 Å². The zero-order chi connectivity index (χ0) is 22.0. The van der Waals surface area contributed by atoms with Crippen LogP contribution in [0, 0.1) is 5.92 Å². The lowest BCUT2D eigenvalue weighted by molar-refractivity contribution is -0.151. The van der Waals surface area contributed by atoms with Crippen LogP contribution in [0.5, 0.6) is 0 Å². The van der Waals surface area contributed by atoms with Gasteiger partial charge >= 0.3 is 5.97 Å². The largest absolute Gasteiger partial charge is 0.466 e. The van der Waals surface area contributed by atoms with Crippen LogP contribution in [0.25, 0.3) is 10.1 Å². The van der Waals surface area contributed by atoms with Gasteiger partial charge in [-0.2, -0.15) is 0 Å². The first-order valence-corrected chi connectivity index (χ1v) is 11.4. The number of amides is 2. The number of ether oxygens (including phenoxy) is 1. The van der Waals surface area contributed by atoms with E-state index < -0.39 is 0 Å². The van der Waals surface area contributed by atoms with Crippen LogP contribution in [0.15, 0.2) is 12.1 Å². The second-order valence-electron chi connectivity index (χ2n) is 7.07. The summed E-state index contributed by atoms with van der Waals surface area (Å²) >= 11 is 19.9. The fraction of sp³-hybridized carbons (Fsp3) is 0.450. The van der Waals surface area contributed by atoms with Crippen molar-refractivity contribution in [1.82, 2.24) is 9.80 Å². The summed E-state index contributed by atoms with van der Waals surface area (Å²) in [7, 11) is 1.56. The molecule has 1 aromatic carbocycles. The second kappa shape index (κ2) is 9.73. The zero-order valence-corrected chi connectivity index (χ0v) is 19.6. The van der Waals surface area contributed by atoms with Crippen molar-refractivity contribution in [1.29, 1.82) is 0 Å². The summed E-state index contributed by atoms with van der Waals surface area (Å²) in [6.07, 6.45) is 1.12. The molecule has 0 aliphatic carbocycles. The number of likely N-dealkylation sites (N-methyl/N-ethyl adjacent to an activating group) is 1. The molecule has 30 heavy (non-hydrogen) atoms. The summed E-state index contributed by atoms with van der Waals surface area (Å²) < 4.78 is 5.76. The third kappa shape index (κ3) is 4.85. The number of piperidine rings is 1. The first-order chi connectivity index (χ1) is 14.2. The molecule has 2 amide bonds. The van der Waals surface area contributed by atoms with E-state index in [0.29, 0.717) is 57.5 Å². The molecule has 0 radical (unpaired) electrons. The van der Waals surface area contributed by atoms with Gasteiger partial charge in [-0.3, -0.25) is 14.4 Å². The van der Waals surface area contributed by atoms with E-state index in [1.807, 2.05) is 0 Å². The highest BCUT2D eigenvalue weighted by Gasteiger charge is 2.30. The number of thiophene rings is 1. The third-order valence-electron chi connectivity index (χ3n) is 5.03. The summed E-state index contributed by atoms with van der Waals surface area (Å²) in [4.78, 5) is 40.7. The first kappa shape index (κ1) is 23.1. The Hall–Kier alpha value is -1.54. The van der Waals surface area contributed by atoms with Gasteiger partial charge < -0.3 is 14.5 Å². The van der Waals surface area contributed by atoms with Gasteiger partial charge in [-0.1, -0.05) is 34.8 Å². The van der Waals surface area contributed by atoms with Crippen molar-refractivity contribution >= 4 is 74.0 Å². The molecule has 0 atom stereocenters. The van der Waals surface area contributed by atoms with Gasteiger partial charge in [0.25, 0.3) is 5.91 Å². The zero-order valence-electron chi connectivity index (χ0n) is 16.5.